The summed E-state index contributed by atoms with van der Waals surface area (Å²) in [6.45, 7) is 3.21. The van der Waals surface area contributed by atoms with Gasteiger partial charge in [-0.15, -0.1) is 0 Å². The normalized spacial score (nSPS) is 22.8. The molecule has 19 heavy (non-hydrogen) atoms. The van der Waals surface area contributed by atoms with Crippen molar-refractivity contribution >= 4 is 0 Å². The van der Waals surface area contributed by atoms with Gasteiger partial charge in [0.15, 0.2) is 0 Å². The molecular formula is C16H21N3. The Morgan fingerprint density at radius 2 is 2.05 bits per heavy atom. The Balaban J connectivity index is 1.59. The molecule has 0 aliphatic heterocycles. The van der Waals surface area contributed by atoms with Crippen LogP contribution in [0.15, 0.2) is 42.6 Å². The first-order chi connectivity index (χ1) is 9.31. The van der Waals surface area contributed by atoms with Gasteiger partial charge in [0.2, 0.25) is 0 Å². The van der Waals surface area contributed by atoms with E-state index in [0.29, 0.717) is 6.04 Å². The number of aromatic nitrogens is 2. The average Bonchev–Trinajstić information content (AvgIpc) is 3.06. The van der Waals surface area contributed by atoms with Crippen LogP contribution in [0.5, 0.6) is 0 Å². The van der Waals surface area contributed by atoms with E-state index in [1.54, 1.807) is 0 Å². The standard InChI is InChI=1S/C16H21N3/c1-13-7-8-14(11-13)17-12-15-9-10-19(18-15)16-5-3-2-4-6-16/h2-6,9-10,13-14,17H,7-8,11-12H2,1H3. The fraction of sp³-hybridized carbons (Fsp3) is 0.438. The van der Waals surface area contributed by atoms with Crippen LogP contribution in [-0.4, -0.2) is 15.8 Å². The minimum atomic E-state index is 0.678. The lowest BCUT2D eigenvalue weighted by molar-refractivity contribution is 0.497. The molecule has 1 fully saturated rings. The minimum Gasteiger partial charge on any atom is -0.308 e. The summed E-state index contributed by atoms with van der Waals surface area (Å²) in [5, 5.41) is 8.23. The van der Waals surface area contributed by atoms with Gasteiger partial charge in [-0.25, -0.2) is 4.68 Å². The van der Waals surface area contributed by atoms with Gasteiger partial charge in [0, 0.05) is 18.8 Å². The average molecular weight is 255 g/mol. The molecule has 2 atom stereocenters. The summed E-state index contributed by atoms with van der Waals surface area (Å²) in [5.74, 6) is 0.874. The Morgan fingerprint density at radius 1 is 1.21 bits per heavy atom. The lowest BCUT2D eigenvalue weighted by atomic mass is 10.1. The molecule has 3 heteroatoms. The van der Waals surface area contributed by atoms with Crippen LogP contribution in [0.1, 0.15) is 31.9 Å². The number of benzene rings is 1. The van der Waals surface area contributed by atoms with Crippen LogP contribution in [0.2, 0.25) is 0 Å². The molecule has 1 aliphatic carbocycles. The Morgan fingerprint density at radius 3 is 2.79 bits per heavy atom. The fourth-order valence-corrected chi connectivity index (χ4v) is 2.82. The van der Waals surface area contributed by atoms with E-state index < -0.39 is 0 Å². The number of nitrogens with one attached hydrogen (secondary N) is 1. The van der Waals surface area contributed by atoms with E-state index in [-0.39, 0.29) is 0 Å². The van der Waals surface area contributed by atoms with Gasteiger partial charge in [-0.05, 0) is 43.4 Å². The third-order valence-electron chi connectivity index (χ3n) is 3.93. The van der Waals surface area contributed by atoms with Crippen molar-refractivity contribution in [2.24, 2.45) is 5.92 Å². The highest BCUT2D eigenvalue weighted by Gasteiger charge is 2.20. The van der Waals surface area contributed by atoms with Crippen LogP contribution in [0, 0.1) is 5.92 Å². The first kappa shape index (κ1) is 12.4. The highest BCUT2D eigenvalue weighted by atomic mass is 15.3. The minimum absolute atomic E-state index is 0.678. The smallest absolute Gasteiger partial charge is 0.0766 e. The third kappa shape index (κ3) is 3.04. The molecule has 2 aromatic rings. The zero-order valence-electron chi connectivity index (χ0n) is 11.4. The van der Waals surface area contributed by atoms with Gasteiger partial charge >= 0.3 is 0 Å². The first-order valence-electron chi connectivity index (χ1n) is 7.14. The zero-order chi connectivity index (χ0) is 13.1. The van der Waals surface area contributed by atoms with Crippen molar-refractivity contribution in [2.45, 2.75) is 38.8 Å². The van der Waals surface area contributed by atoms with Crippen molar-refractivity contribution in [3.8, 4) is 5.69 Å². The van der Waals surface area contributed by atoms with Gasteiger partial charge in [-0.2, -0.15) is 5.10 Å². The maximum absolute atomic E-state index is 4.61. The van der Waals surface area contributed by atoms with E-state index in [2.05, 4.69) is 35.5 Å². The predicted molar refractivity (Wildman–Crippen MR) is 77.2 cm³/mol. The Bertz CT molecular complexity index is 518. The van der Waals surface area contributed by atoms with Crippen molar-refractivity contribution in [2.75, 3.05) is 0 Å². The lowest BCUT2D eigenvalue weighted by Gasteiger charge is -2.10. The largest absolute Gasteiger partial charge is 0.308 e. The predicted octanol–water partition coefficient (Wildman–Crippen LogP) is 3.15. The first-order valence-corrected chi connectivity index (χ1v) is 7.14. The van der Waals surface area contributed by atoms with Crippen molar-refractivity contribution in [3.05, 3.63) is 48.3 Å². The molecule has 3 rings (SSSR count). The molecule has 0 bridgehead atoms. The molecule has 1 saturated carbocycles. The molecule has 3 nitrogen and oxygen atoms in total. The van der Waals surface area contributed by atoms with E-state index >= 15 is 0 Å². The van der Waals surface area contributed by atoms with E-state index in [1.165, 1.54) is 19.3 Å². The molecule has 0 spiro atoms. The quantitative estimate of drug-likeness (QED) is 0.909. The van der Waals surface area contributed by atoms with Gasteiger partial charge in [-0.1, -0.05) is 25.1 Å². The summed E-state index contributed by atoms with van der Waals surface area (Å²) in [6, 6.07) is 13.0. The maximum atomic E-state index is 4.61. The number of para-hydroxylation sites is 1. The van der Waals surface area contributed by atoms with Gasteiger partial charge < -0.3 is 5.32 Å². The molecule has 1 N–H and O–H groups in total. The summed E-state index contributed by atoms with van der Waals surface area (Å²) in [6.07, 6.45) is 6.00. The molecular weight excluding hydrogens is 234 g/mol. The zero-order valence-corrected chi connectivity index (χ0v) is 11.4. The van der Waals surface area contributed by atoms with Crippen molar-refractivity contribution in [1.29, 1.82) is 0 Å². The molecule has 1 heterocycles. The summed E-state index contributed by atoms with van der Waals surface area (Å²) in [4.78, 5) is 0. The van der Waals surface area contributed by atoms with Crippen molar-refractivity contribution in [1.82, 2.24) is 15.1 Å². The molecule has 1 aromatic heterocycles. The van der Waals surface area contributed by atoms with Crippen LogP contribution in [0.4, 0.5) is 0 Å². The van der Waals surface area contributed by atoms with Crippen LogP contribution in [-0.2, 0) is 6.54 Å². The summed E-state index contributed by atoms with van der Waals surface area (Å²) < 4.78 is 1.94. The van der Waals surface area contributed by atoms with Crippen LogP contribution < -0.4 is 5.32 Å². The topological polar surface area (TPSA) is 29.9 Å². The molecule has 0 radical (unpaired) electrons. The summed E-state index contributed by atoms with van der Waals surface area (Å²) >= 11 is 0. The Hall–Kier alpha value is -1.61. The second-order valence-corrected chi connectivity index (χ2v) is 5.58. The Kier molecular flexibility index (Phi) is 3.65. The van der Waals surface area contributed by atoms with Gasteiger partial charge in [-0.3, -0.25) is 0 Å². The van der Waals surface area contributed by atoms with E-state index in [0.717, 1.165) is 23.8 Å². The molecule has 1 aliphatic rings. The van der Waals surface area contributed by atoms with Crippen LogP contribution in [0.25, 0.3) is 5.69 Å². The van der Waals surface area contributed by atoms with Gasteiger partial charge in [0.25, 0.3) is 0 Å². The third-order valence-corrected chi connectivity index (χ3v) is 3.93. The number of hydrogen-bond donors (Lipinski definition) is 1. The second-order valence-electron chi connectivity index (χ2n) is 5.58. The second kappa shape index (κ2) is 5.57. The molecule has 0 saturated heterocycles. The molecule has 0 amide bonds. The van der Waals surface area contributed by atoms with Crippen molar-refractivity contribution in [3.63, 3.8) is 0 Å². The summed E-state index contributed by atoms with van der Waals surface area (Å²) in [5.41, 5.74) is 2.23. The monoisotopic (exact) mass is 255 g/mol. The molecule has 1 aromatic carbocycles. The number of hydrogen-bond acceptors (Lipinski definition) is 2. The maximum Gasteiger partial charge on any atom is 0.0766 e. The fourth-order valence-electron chi connectivity index (χ4n) is 2.82. The SMILES string of the molecule is CC1CCC(NCc2ccn(-c3ccccc3)n2)C1. The van der Waals surface area contributed by atoms with Crippen LogP contribution >= 0.6 is 0 Å². The van der Waals surface area contributed by atoms with Gasteiger partial charge in [0.05, 0.1) is 11.4 Å². The molecule has 100 valence electrons. The number of nitrogens with zero attached hydrogens (tertiary/aromatic N) is 2. The lowest BCUT2D eigenvalue weighted by Crippen LogP contribution is -2.26. The van der Waals surface area contributed by atoms with Crippen molar-refractivity contribution < 1.29 is 0 Å². The van der Waals surface area contributed by atoms with E-state index in [1.807, 2.05) is 29.1 Å². The highest BCUT2D eigenvalue weighted by molar-refractivity contribution is 5.30. The highest BCUT2D eigenvalue weighted by Crippen LogP contribution is 2.24. The van der Waals surface area contributed by atoms with E-state index in [9.17, 15) is 0 Å². The summed E-state index contributed by atoms with van der Waals surface area (Å²) in [7, 11) is 0. The van der Waals surface area contributed by atoms with Gasteiger partial charge in [0.1, 0.15) is 0 Å². The van der Waals surface area contributed by atoms with E-state index in [4.69, 9.17) is 0 Å². The molecule has 2 unspecified atom stereocenters. The Labute approximate surface area is 114 Å². The van der Waals surface area contributed by atoms with Crippen LogP contribution in [0.3, 0.4) is 0 Å². The number of rotatable bonds is 4.